The number of rotatable bonds is 11. The van der Waals surface area contributed by atoms with Crippen LogP contribution in [-0.2, 0) is 6.42 Å². The molecule has 0 spiro atoms. The average molecular weight is 410 g/mol. The van der Waals surface area contributed by atoms with Crippen molar-refractivity contribution in [1.29, 1.82) is 0 Å². The highest BCUT2D eigenvalue weighted by molar-refractivity contribution is 5.95. The third kappa shape index (κ3) is 5.35. The van der Waals surface area contributed by atoms with Crippen molar-refractivity contribution in [2.75, 3.05) is 57.5 Å². The molecule has 0 unspecified atom stereocenters. The fourth-order valence-electron chi connectivity index (χ4n) is 3.38. The highest BCUT2D eigenvalue weighted by atomic mass is 16.5. The number of hydrogen-bond acceptors (Lipinski definition) is 8. The second-order valence-corrected chi connectivity index (χ2v) is 7.01. The van der Waals surface area contributed by atoms with Gasteiger partial charge in [-0.25, -0.2) is 4.98 Å². The Morgan fingerprint density at radius 1 is 0.967 bits per heavy atom. The topological polar surface area (TPSA) is 114 Å². The molecule has 1 heterocycles. The summed E-state index contributed by atoms with van der Waals surface area (Å²) in [5.41, 5.74) is 14.5. The molecular weight excluding hydrogens is 378 g/mol. The number of benzene rings is 2. The molecule has 0 aliphatic rings. The van der Waals surface area contributed by atoms with Crippen LogP contribution >= 0.6 is 0 Å². The Morgan fingerprint density at radius 2 is 1.70 bits per heavy atom. The molecule has 8 nitrogen and oxygen atoms in total. The van der Waals surface area contributed by atoms with E-state index < -0.39 is 0 Å². The summed E-state index contributed by atoms with van der Waals surface area (Å²) in [6, 6.07) is 14.0. The van der Waals surface area contributed by atoms with Gasteiger partial charge in [-0.3, -0.25) is 0 Å². The minimum absolute atomic E-state index is 0.263. The lowest BCUT2D eigenvalue weighted by Crippen LogP contribution is -2.31. The van der Waals surface area contributed by atoms with Crippen molar-refractivity contribution in [3.63, 3.8) is 0 Å². The first-order valence-electron chi connectivity index (χ1n) is 10.2. The minimum Gasteiger partial charge on any atom is -0.497 e. The molecule has 0 bridgehead atoms. The summed E-state index contributed by atoms with van der Waals surface area (Å²) >= 11 is 0. The maximum absolute atomic E-state index is 6.02. The molecule has 30 heavy (non-hydrogen) atoms. The van der Waals surface area contributed by atoms with E-state index in [1.807, 2.05) is 48.3 Å². The van der Waals surface area contributed by atoms with Gasteiger partial charge in [0.25, 0.3) is 0 Å². The zero-order valence-corrected chi connectivity index (χ0v) is 17.7. The first-order valence-corrected chi connectivity index (χ1v) is 10.2. The van der Waals surface area contributed by atoms with E-state index in [0.717, 1.165) is 60.8 Å². The number of nitrogen functional groups attached to an aromatic ring is 1. The Labute approximate surface area is 177 Å². The largest absolute Gasteiger partial charge is 0.497 e. The molecule has 1 aromatic heterocycles. The van der Waals surface area contributed by atoms with Gasteiger partial charge in [0, 0.05) is 44.3 Å². The smallest absolute Gasteiger partial charge is 0.222 e. The summed E-state index contributed by atoms with van der Waals surface area (Å²) in [4.78, 5) is 11.1. The fraction of sp³-hybridized carbons (Fsp3) is 0.364. The van der Waals surface area contributed by atoms with Crippen LogP contribution in [0, 0.1) is 0 Å². The van der Waals surface area contributed by atoms with E-state index in [-0.39, 0.29) is 5.95 Å². The molecule has 0 radical (unpaired) electrons. The molecule has 2 aromatic carbocycles. The first kappa shape index (κ1) is 21.8. The van der Waals surface area contributed by atoms with Crippen LogP contribution in [0.2, 0.25) is 0 Å². The van der Waals surface area contributed by atoms with Crippen LogP contribution < -0.4 is 31.7 Å². The lowest BCUT2D eigenvalue weighted by molar-refractivity contribution is 0.415. The Balaban J connectivity index is 1.82. The molecule has 3 aromatic rings. The van der Waals surface area contributed by atoms with Crippen LogP contribution in [0.5, 0.6) is 5.75 Å². The second kappa shape index (κ2) is 10.7. The maximum Gasteiger partial charge on any atom is 0.222 e. The van der Waals surface area contributed by atoms with Crippen molar-refractivity contribution >= 4 is 28.4 Å². The normalized spacial score (nSPS) is 11.0. The first-order chi connectivity index (χ1) is 14.6. The van der Waals surface area contributed by atoms with Crippen LogP contribution in [0.1, 0.15) is 5.56 Å². The van der Waals surface area contributed by atoms with Gasteiger partial charge >= 0.3 is 0 Å². The number of fused-ring (bicyclic) bond motifs is 1. The molecule has 3 rings (SSSR count). The number of nitrogens with two attached hydrogens (primary N) is 2. The lowest BCUT2D eigenvalue weighted by Gasteiger charge is -2.22. The molecule has 0 saturated carbocycles. The fourth-order valence-corrected chi connectivity index (χ4v) is 3.38. The molecule has 0 amide bonds. The molecule has 160 valence electrons. The van der Waals surface area contributed by atoms with Gasteiger partial charge in [0.05, 0.1) is 12.6 Å². The van der Waals surface area contributed by atoms with Crippen LogP contribution in [0.25, 0.3) is 10.9 Å². The van der Waals surface area contributed by atoms with Crippen LogP contribution in [0.15, 0.2) is 42.5 Å². The van der Waals surface area contributed by atoms with Crippen LogP contribution in [0.4, 0.5) is 17.5 Å². The predicted molar refractivity (Wildman–Crippen MR) is 124 cm³/mol. The number of hydrogen-bond donors (Lipinski definition) is 4. The van der Waals surface area contributed by atoms with Crippen molar-refractivity contribution in [3.05, 3.63) is 48.0 Å². The molecule has 6 N–H and O–H groups in total. The van der Waals surface area contributed by atoms with E-state index in [0.29, 0.717) is 6.54 Å². The van der Waals surface area contributed by atoms with Gasteiger partial charge in [-0.1, -0.05) is 12.1 Å². The van der Waals surface area contributed by atoms with Gasteiger partial charge in [-0.15, -0.1) is 0 Å². The zero-order chi connectivity index (χ0) is 21.3. The van der Waals surface area contributed by atoms with Crippen molar-refractivity contribution in [2.45, 2.75) is 6.42 Å². The Kier molecular flexibility index (Phi) is 7.78. The monoisotopic (exact) mass is 409 g/mol. The summed E-state index contributed by atoms with van der Waals surface area (Å²) in [7, 11) is 3.65. The Morgan fingerprint density at radius 3 is 2.40 bits per heavy atom. The minimum atomic E-state index is 0.263. The maximum atomic E-state index is 6.02. The van der Waals surface area contributed by atoms with Crippen molar-refractivity contribution in [2.24, 2.45) is 5.73 Å². The van der Waals surface area contributed by atoms with Gasteiger partial charge in [-0.2, -0.15) is 4.98 Å². The van der Waals surface area contributed by atoms with Gasteiger partial charge < -0.3 is 31.7 Å². The number of nitrogens with one attached hydrogen (secondary N) is 2. The molecule has 0 fully saturated rings. The number of methoxy groups -OCH3 is 1. The van der Waals surface area contributed by atoms with E-state index in [1.54, 1.807) is 7.11 Å². The molecule has 0 aliphatic heterocycles. The Hall–Kier alpha value is -2.94. The number of nitrogens with zero attached hydrogens (tertiary/aromatic N) is 3. The predicted octanol–water partition coefficient (Wildman–Crippen LogP) is 1.67. The van der Waals surface area contributed by atoms with Crippen molar-refractivity contribution < 1.29 is 4.74 Å². The SMILES string of the molecule is COc1ccc(N(C)c2nc(N)nc3cccc(CCNCCNCCN)c23)cc1. The molecule has 0 saturated heterocycles. The van der Waals surface area contributed by atoms with E-state index in [4.69, 9.17) is 16.2 Å². The van der Waals surface area contributed by atoms with E-state index in [1.165, 1.54) is 5.56 Å². The summed E-state index contributed by atoms with van der Waals surface area (Å²) < 4.78 is 5.27. The van der Waals surface area contributed by atoms with Crippen molar-refractivity contribution in [1.82, 2.24) is 20.6 Å². The highest BCUT2D eigenvalue weighted by Crippen LogP contribution is 2.32. The Bertz CT molecular complexity index is 946. The third-order valence-electron chi connectivity index (χ3n) is 4.96. The standard InChI is InChI=1S/C22H31N7O/c1-29(17-6-8-18(30-2)9-7-17)21-20-16(10-12-25-14-15-26-13-11-23)4-3-5-19(20)27-22(24)28-21/h3-9,25-26H,10-15,23H2,1-2H3,(H2,24,27,28). The molecule has 8 heteroatoms. The van der Waals surface area contributed by atoms with Crippen LogP contribution in [0.3, 0.4) is 0 Å². The van der Waals surface area contributed by atoms with E-state index >= 15 is 0 Å². The quantitative estimate of drug-likeness (QED) is 0.354. The summed E-state index contributed by atoms with van der Waals surface area (Å²) in [6.07, 6.45) is 0.866. The highest BCUT2D eigenvalue weighted by Gasteiger charge is 2.15. The molecule has 0 aliphatic carbocycles. The van der Waals surface area contributed by atoms with Gasteiger partial charge in [0.1, 0.15) is 11.6 Å². The summed E-state index contributed by atoms with van der Waals surface area (Å²) in [5.74, 6) is 1.87. The van der Waals surface area contributed by atoms with Crippen LogP contribution in [-0.4, -0.2) is 56.8 Å². The van der Waals surface area contributed by atoms with E-state index in [2.05, 4.69) is 26.7 Å². The lowest BCUT2D eigenvalue weighted by atomic mass is 10.1. The second-order valence-electron chi connectivity index (χ2n) is 7.01. The van der Waals surface area contributed by atoms with Gasteiger partial charge in [0.15, 0.2) is 0 Å². The molecule has 0 atom stereocenters. The number of aromatic nitrogens is 2. The van der Waals surface area contributed by atoms with Gasteiger partial charge in [-0.05, 0) is 48.9 Å². The van der Waals surface area contributed by atoms with Gasteiger partial charge in [0.2, 0.25) is 5.95 Å². The van der Waals surface area contributed by atoms with Crippen molar-refractivity contribution in [3.8, 4) is 5.75 Å². The molecular formula is C22H31N7O. The average Bonchev–Trinajstić information content (AvgIpc) is 2.77. The zero-order valence-electron chi connectivity index (χ0n) is 17.7. The third-order valence-corrected chi connectivity index (χ3v) is 4.96. The van der Waals surface area contributed by atoms with E-state index in [9.17, 15) is 0 Å². The summed E-state index contributed by atoms with van der Waals surface area (Å²) in [5, 5.41) is 7.77. The number of anilines is 3. The number of ether oxygens (including phenoxy) is 1. The summed E-state index contributed by atoms with van der Waals surface area (Å²) in [6.45, 7) is 4.15.